The van der Waals surface area contributed by atoms with E-state index in [-0.39, 0.29) is 24.0 Å². The van der Waals surface area contributed by atoms with Crippen LogP contribution in [0, 0.1) is 5.41 Å². The molecule has 0 amide bonds. The molecule has 138 valence electrons. The second kappa shape index (κ2) is 13.3. The first kappa shape index (κ1) is 23.0. The van der Waals surface area contributed by atoms with Crippen molar-refractivity contribution in [3.63, 3.8) is 0 Å². The molecule has 1 aliphatic carbocycles. The first-order valence-corrected chi connectivity index (χ1v) is 9.44. The van der Waals surface area contributed by atoms with Crippen molar-refractivity contribution in [3.05, 3.63) is 0 Å². The predicted molar refractivity (Wildman–Crippen MR) is 113 cm³/mol. The summed E-state index contributed by atoms with van der Waals surface area (Å²) < 4.78 is 0. The van der Waals surface area contributed by atoms with E-state index < -0.39 is 0 Å². The Morgan fingerprint density at radius 3 is 2.22 bits per heavy atom. The van der Waals surface area contributed by atoms with Gasteiger partial charge in [-0.15, -0.1) is 24.0 Å². The third kappa shape index (κ3) is 8.57. The number of hydrogen-bond donors (Lipinski definition) is 2. The van der Waals surface area contributed by atoms with Crippen LogP contribution in [0.1, 0.15) is 66.2 Å². The average molecular weight is 438 g/mol. The van der Waals surface area contributed by atoms with E-state index in [1.165, 1.54) is 45.1 Å². The van der Waals surface area contributed by atoms with Crippen molar-refractivity contribution in [1.82, 2.24) is 15.5 Å². The van der Waals surface area contributed by atoms with Crippen LogP contribution in [0.3, 0.4) is 0 Å². The summed E-state index contributed by atoms with van der Waals surface area (Å²) in [5, 5.41) is 6.87. The Morgan fingerprint density at radius 1 is 1.04 bits per heavy atom. The Balaban J connectivity index is 0.00000484. The highest BCUT2D eigenvalue weighted by Gasteiger charge is 2.34. The van der Waals surface area contributed by atoms with Gasteiger partial charge < -0.3 is 15.5 Å². The van der Waals surface area contributed by atoms with Crippen LogP contribution in [0.4, 0.5) is 0 Å². The minimum absolute atomic E-state index is 0. The van der Waals surface area contributed by atoms with Gasteiger partial charge in [-0.2, -0.15) is 0 Å². The van der Waals surface area contributed by atoms with Gasteiger partial charge in [-0.1, -0.05) is 27.2 Å². The maximum atomic E-state index is 4.83. The van der Waals surface area contributed by atoms with Crippen LogP contribution in [-0.4, -0.2) is 50.1 Å². The van der Waals surface area contributed by atoms with Gasteiger partial charge in [-0.05, 0) is 64.1 Å². The largest absolute Gasteiger partial charge is 0.357 e. The van der Waals surface area contributed by atoms with Crippen LogP contribution >= 0.6 is 24.0 Å². The van der Waals surface area contributed by atoms with Crippen LogP contribution < -0.4 is 10.6 Å². The quantitative estimate of drug-likeness (QED) is 0.223. The zero-order chi connectivity index (χ0) is 16.3. The molecule has 5 heteroatoms. The molecule has 0 bridgehead atoms. The summed E-state index contributed by atoms with van der Waals surface area (Å²) in [7, 11) is 0. The Kier molecular flexibility index (Phi) is 13.3. The summed E-state index contributed by atoms with van der Waals surface area (Å²) in [5.74, 6) is 1.00. The fourth-order valence-electron chi connectivity index (χ4n) is 3.10. The van der Waals surface area contributed by atoms with Crippen molar-refractivity contribution in [2.75, 3.05) is 39.3 Å². The van der Waals surface area contributed by atoms with Gasteiger partial charge in [-0.3, -0.25) is 4.99 Å². The molecule has 1 aliphatic rings. The maximum Gasteiger partial charge on any atom is 0.191 e. The van der Waals surface area contributed by atoms with Gasteiger partial charge in [0.15, 0.2) is 5.96 Å². The molecule has 0 aromatic heterocycles. The van der Waals surface area contributed by atoms with E-state index in [4.69, 9.17) is 4.99 Å². The van der Waals surface area contributed by atoms with Crippen molar-refractivity contribution < 1.29 is 0 Å². The highest BCUT2D eigenvalue weighted by molar-refractivity contribution is 14.0. The first-order chi connectivity index (χ1) is 10.7. The molecule has 0 heterocycles. The highest BCUT2D eigenvalue weighted by atomic mass is 127. The van der Waals surface area contributed by atoms with Crippen LogP contribution in [0.2, 0.25) is 0 Å². The molecule has 1 saturated carbocycles. The number of rotatable bonds is 11. The lowest BCUT2D eigenvalue weighted by Crippen LogP contribution is -2.40. The summed E-state index contributed by atoms with van der Waals surface area (Å²) in [5.41, 5.74) is 0.505. The van der Waals surface area contributed by atoms with Crippen LogP contribution in [0.15, 0.2) is 4.99 Å². The number of halogens is 1. The summed E-state index contributed by atoms with van der Waals surface area (Å²) in [6.45, 7) is 15.4. The minimum Gasteiger partial charge on any atom is -0.357 e. The van der Waals surface area contributed by atoms with E-state index >= 15 is 0 Å². The van der Waals surface area contributed by atoms with Gasteiger partial charge in [0.05, 0.1) is 0 Å². The average Bonchev–Trinajstić information content (AvgIpc) is 2.50. The smallest absolute Gasteiger partial charge is 0.191 e. The molecular formula is C18H39IN4. The van der Waals surface area contributed by atoms with Crippen molar-refractivity contribution in [2.45, 2.75) is 66.2 Å². The molecule has 0 aromatic carbocycles. The van der Waals surface area contributed by atoms with E-state index in [0.717, 1.165) is 38.7 Å². The molecular weight excluding hydrogens is 399 g/mol. The monoisotopic (exact) mass is 438 g/mol. The number of unbranched alkanes of at least 4 members (excludes halogenated alkanes) is 1. The fourth-order valence-corrected chi connectivity index (χ4v) is 3.10. The van der Waals surface area contributed by atoms with E-state index in [0.29, 0.717) is 5.41 Å². The lowest BCUT2D eigenvalue weighted by atomic mass is 9.67. The van der Waals surface area contributed by atoms with Gasteiger partial charge in [0, 0.05) is 19.6 Å². The number of nitrogens with zero attached hydrogens (tertiary/aromatic N) is 2. The summed E-state index contributed by atoms with van der Waals surface area (Å²) in [6, 6.07) is 0. The predicted octanol–water partition coefficient (Wildman–Crippen LogP) is 3.86. The summed E-state index contributed by atoms with van der Waals surface area (Å²) in [4.78, 5) is 7.31. The SMILES string of the molecule is CCNC(=NCC1(CC)CCC1)NCCCCN(CC)CC.I. The molecule has 0 radical (unpaired) electrons. The van der Waals surface area contributed by atoms with Gasteiger partial charge in [0.25, 0.3) is 0 Å². The molecule has 1 fully saturated rings. The summed E-state index contributed by atoms with van der Waals surface area (Å²) in [6.07, 6.45) is 7.83. The normalized spacial score (nSPS) is 16.7. The van der Waals surface area contributed by atoms with Crippen LogP contribution in [0.5, 0.6) is 0 Å². The van der Waals surface area contributed by atoms with Gasteiger partial charge >= 0.3 is 0 Å². The second-order valence-corrected chi connectivity index (χ2v) is 6.56. The number of nitrogens with one attached hydrogen (secondary N) is 2. The lowest BCUT2D eigenvalue weighted by molar-refractivity contribution is 0.139. The Hall–Kier alpha value is -0.0400. The van der Waals surface area contributed by atoms with Crippen LogP contribution in [0.25, 0.3) is 0 Å². The van der Waals surface area contributed by atoms with Crippen molar-refractivity contribution in [2.24, 2.45) is 10.4 Å². The number of hydrogen-bond acceptors (Lipinski definition) is 2. The molecule has 1 rings (SSSR count). The van der Waals surface area contributed by atoms with Crippen molar-refractivity contribution in [1.29, 1.82) is 0 Å². The Labute approximate surface area is 161 Å². The molecule has 0 aromatic rings. The van der Waals surface area contributed by atoms with Crippen LogP contribution in [-0.2, 0) is 0 Å². The zero-order valence-corrected chi connectivity index (χ0v) is 18.1. The molecule has 0 spiro atoms. The molecule has 0 saturated heterocycles. The van der Waals surface area contributed by atoms with E-state index in [1.807, 2.05) is 0 Å². The molecule has 0 aliphatic heterocycles. The standard InChI is InChI=1S/C18H38N4.HI/c1-5-18(12-11-13-18)16-21-17(19-6-2)20-14-9-10-15-22(7-3)8-4;/h5-16H2,1-4H3,(H2,19,20,21);1H. The Morgan fingerprint density at radius 2 is 1.74 bits per heavy atom. The third-order valence-electron chi connectivity index (χ3n) is 5.17. The minimum atomic E-state index is 0. The molecule has 4 nitrogen and oxygen atoms in total. The van der Waals surface area contributed by atoms with Crippen molar-refractivity contribution >= 4 is 29.9 Å². The summed E-state index contributed by atoms with van der Waals surface area (Å²) >= 11 is 0. The third-order valence-corrected chi connectivity index (χ3v) is 5.17. The van der Waals surface area contributed by atoms with Gasteiger partial charge in [0.1, 0.15) is 0 Å². The molecule has 23 heavy (non-hydrogen) atoms. The first-order valence-electron chi connectivity index (χ1n) is 9.44. The molecule has 0 atom stereocenters. The highest BCUT2D eigenvalue weighted by Crippen LogP contribution is 2.43. The maximum absolute atomic E-state index is 4.83. The molecule has 0 unspecified atom stereocenters. The number of aliphatic imine (C=N–C) groups is 1. The van der Waals surface area contributed by atoms with E-state index in [9.17, 15) is 0 Å². The zero-order valence-electron chi connectivity index (χ0n) is 15.8. The molecule has 2 N–H and O–H groups in total. The van der Waals surface area contributed by atoms with Gasteiger partial charge in [0.2, 0.25) is 0 Å². The van der Waals surface area contributed by atoms with E-state index in [2.05, 4.69) is 43.2 Å². The van der Waals surface area contributed by atoms with Crippen molar-refractivity contribution in [3.8, 4) is 0 Å². The lowest BCUT2D eigenvalue weighted by Gasteiger charge is -2.40. The van der Waals surface area contributed by atoms with Gasteiger partial charge in [-0.25, -0.2) is 0 Å². The topological polar surface area (TPSA) is 39.7 Å². The Bertz CT molecular complexity index is 307. The van der Waals surface area contributed by atoms with E-state index in [1.54, 1.807) is 0 Å². The number of guanidine groups is 1. The second-order valence-electron chi connectivity index (χ2n) is 6.56. The fraction of sp³-hybridized carbons (Fsp3) is 0.944.